The van der Waals surface area contributed by atoms with E-state index in [1.54, 1.807) is 0 Å². The standard InChI is InChI=1S/C12H4ClF6OP/c13-21(20,11-7(16)1-5(14)2-8(11)17)12-9(18)3-6(15)4-10(12)19/h1-4H. The average Bonchev–Trinajstić information content (AvgIpc) is 2.23. The van der Waals surface area contributed by atoms with Gasteiger partial charge in [0.05, 0.1) is 0 Å². The van der Waals surface area contributed by atoms with Crippen molar-refractivity contribution in [1.82, 2.24) is 0 Å². The van der Waals surface area contributed by atoms with E-state index in [1.165, 1.54) is 0 Å². The van der Waals surface area contributed by atoms with E-state index in [4.69, 9.17) is 11.2 Å². The lowest BCUT2D eigenvalue weighted by Gasteiger charge is -2.15. The van der Waals surface area contributed by atoms with Gasteiger partial charge in [-0.3, -0.25) is 4.57 Å². The molecule has 0 N–H and O–H groups in total. The highest BCUT2D eigenvalue weighted by atomic mass is 35.7. The van der Waals surface area contributed by atoms with Gasteiger partial charge >= 0.3 is 0 Å². The lowest BCUT2D eigenvalue weighted by Crippen LogP contribution is -2.24. The number of hydrogen-bond acceptors (Lipinski definition) is 1. The molecule has 112 valence electrons. The van der Waals surface area contributed by atoms with Crippen LogP contribution < -0.4 is 10.6 Å². The molecule has 0 fully saturated rings. The zero-order valence-corrected chi connectivity index (χ0v) is 11.5. The van der Waals surface area contributed by atoms with Crippen molar-refractivity contribution in [3.63, 3.8) is 0 Å². The Balaban J connectivity index is 2.78. The molecule has 0 radical (unpaired) electrons. The normalized spacial score (nSPS) is 11.8. The topological polar surface area (TPSA) is 17.1 Å². The molecule has 0 bridgehead atoms. The van der Waals surface area contributed by atoms with Crippen LogP contribution >= 0.6 is 17.7 Å². The Kier molecular flexibility index (Phi) is 4.08. The average molecular weight is 345 g/mol. The fourth-order valence-corrected chi connectivity index (χ4v) is 4.28. The first-order chi connectivity index (χ1) is 9.64. The molecule has 0 atom stereocenters. The molecule has 9 heteroatoms. The van der Waals surface area contributed by atoms with Crippen molar-refractivity contribution < 1.29 is 30.9 Å². The van der Waals surface area contributed by atoms with Crippen molar-refractivity contribution in [2.75, 3.05) is 0 Å². The maximum absolute atomic E-state index is 13.6. The number of benzene rings is 2. The van der Waals surface area contributed by atoms with Gasteiger partial charge in [-0.25, -0.2) is 26.3 Å². The summed E-state index contributed by atoms with van der Waals surface area (Å²) in [6.45, 7) is -4.95. The Morgan fingerprint density at radius 2 is 0.905 bits per heavy atom. The van der Waals surface area contributed by atoms with Gasteiger partial charge in [-0.1, -0.05) is 0 Å². The van der Waals surface area contributed by atoms with E-state index in [0.717, 1.165) is 0 Å². The minimum atomic E-state index is -4.95. The van der Waals surface area contributed by atoms with Crippen LogP contribution in [0.4, 0.5) is 26.3 Å². The van der Waals surface area contributed by atoms with Crippen LogP contribution in [0.3, 0.4) is 0 Å². The van der Waals surface area contributed by atoms with Crippen LogP contribution in [0.15, 0.2) is 24.3 Å². The SMILES string of the molecule is O=P(Cl)(c1c(F)cc(F)cc1F)c1c(F)cc(F)cc1F. The summed E-state index contributed by atoms with van der Waals surface area (Å²) >= 11 is 5.46. The molecule has 0 aliphatic carbocycles. The lowest BCUT2D eigenvalue weighted by atomic mass is 10.3. The molecule has 0 aliphatic heterocycles. The molecule has 0 spiro atoms. The molecule has 0 unspecified atom stereocenters. The minimum Gasteiger partial charge on any atom is -0.296 e. The van der Waals surface area contributed by atoms with Crippen LogP contribution in [-0.4, -0.2) is 0 Å². The second-order valence-corrected chi connectivity index (χ2v) is 7.36. The number of hydrogen-bond donors (Lipinski definition) is 0. The van der Waals surface area contributed by atoms with Crippen molar-refractivity contribution in [2.24, 2.45) is 0 Å². The van der Waals surface area contributed by atoms with Gasteiger partial charge in [-0.05, 0) is 11.2 Å². The van der Waals surface area contributed by atoms with Crippen LogP contribution in [0.25, 0.3) is 0 Å². The lowest BCUT2D eigenvalue weighted by molar-refractivity contribution is 0.544. The Hall–Kier alpha value is -1.46. The summed E-state index contributed by atoms with van der Waals surface area (Å²) in [6.07, 6.45) is 0. The smallest absolute Gasteiger partial charge is 0.237 e. The predicted octanol–water partition coefficient (Wildman–Crippen LogP) is 3.99. The second kappa shape index (κ2) is 5.39. The quantitative estimate of drug-likeness (QED) is 0.595. The second-order valence-electron chi connectivity index (χ2n) is 3.97. The van der Waals surface area contributed by atoms with E-state index in [1.807, 2.05) is 0 Å². The predicted molar refractivity (Wildman–Crippen MR) is 65.4 cm³/mol. The molecule has 0 saturated heterocycles. The fraction of sp³-hybridized carbons (Fsp3) is 0. The fourth-order valence-electron chi connectivity index (χ4n) is 1.73. The van der Waals surface area contributed by atoms with Crippen LogP contribution in [0.5, 0.6) is 0 Å². The van der Waals surface area contributed by atoms with Crippen LogP contribution in [0.2, 0.25) is 0 Å². The van der Waals surface area contributed by atoms with E-state index in [9.17, 15) is 30.9 Å². The number of rotatable bonds is 2. The van der Waals surface area contributed by atoms with Gasteiger partial charge in [-0.2, -0.15) is 0 Å². The Bertz CT molecular complexity index is 671. The largest absolute Gasteiger partial charge is 0.296 e. The summed E-state index contributed by atoms with van der Waals surface area (Å²) in [5.74, 6) is -9.35. The van der Waals surface area contributed by atoms with E-state index < -0.39 is 52.0 Å². The number of halogens is 7. The molecular weight excluding hydrogens is 341 g/mol. The van der Waals surface area contributed by atoms with E-state index in [2.05, 4.69) is 0 Å². The molecule has 2 aromatic rings. The van der Waals surface area contributed by atoms with Crippen LogP contribution in [-0.2, 0) is 4.57 Å². The molecule has 0 aliphatic rings. The van der Waals surface area contributed by atoms with Gasteiger partial charge in [0.15, 0.2) is 0 Å². The van der Waals surface area contributed by atoms with E-state index in [-0.39, 0.29) is 24.3 Å². The summed E-state index contributed by atoms with van der Waals surface area (Å²) in [5.41, 5.74) is 0. The maximum atomic E-state index is 13.6. The van der Waals surface area contributed by atoms with Crippen molar-refractivity contribution in [2.45, 2.75) is 0 Å². The molecule has 2 aromatic carbocycles. The minimum absolute atomic E-state index is 0.160. The highest BCUT2D eigenvalue weighted by Crippen LogP contribution is 2.51. The van der Waals surface area contributed by atoms with E-state index in [0.29, 0.717) is 0 Å². The highest BCUT2D eigenvalue weighted by molar-refractivity contribution is 8.00. The molecule has 0 aromatic heterocycles. The van der Waals surface area contributed by atoms with Crippen molar-refractivity contribution in [3.05, 3.63) is 59.2 Å². The van der Waals surface area contributed by atoms with Crippen LogP contribution in [0.1, 0.15) is 0 Å². The molecule has 0 amide bonds. The highest BCUT2D eigenvalue weighted by Gasteiger charge is 2.37. The van der Waals surface area contributed by atoms with Gasteiger partial charge in [0, 0.05) is 24.3 Å². The third kappa shape index (κ3) is 2.80. The van der Waals surface area contributed by atoms with Crippen molar-refractivity contribution in [3.8, 4) is 0 Å². The molecule has 21 heavy (non-hydrogen) atoms. The first kappa shape index (κ1) is 15.9. The van der Waals surface area contributed by atoms with Crippen molar-refractivity contribution >= 4 is 28.3 Å². The molecule has 0 saturated carbocycles. The Morgan fingerprint density at radius 3 is 1.14 bits per heavy atom. The summed E-state index contributed by atoms with van der Waals surface area (Å²) < 4.78 is 92.2. The van der Waals surface area contributed by atoms with Crippen molar-refractivity contribution in [1.29, 1.82) is 0 Å². The van der Waals surface area contributed by atoms with Gasteiger partial charge < -0.3 is 0 Å². The summed E-state index contributed by atoms with van der Waals surface area (Å²) in [6, 6.07) is 0.638. The zero-order valence-electron chi connectivity index (χ0n) is 9.81. The summed E-state index contributed by atoms with van der Waals surface area (Å²) in [7, 11) is 0. The first-order valence-corrected chi connectivity index (χ1v) is 7.85. The zero-order chi connectivity index (χ0) is 15.9. The molecular formula is C12H4ClF6OP. The van der Waals surface area contributed by atoms with Crippen LogP contribution in [0, 0.1) is 34.9 Å². The molecule has 1 nitrogen and oxygen atoms in total. The van der Waals surface area contributed by atoms with Gasteiger partial charge in [-0.15, -0.1) is 0 Å². The Morgan fingerprint density at radius 1 is 0.667 bits per heavy atom. The third-order valence-electron chi connectivity index (χ3n) is 2.54. The van der Waals surface area contributed by atoms with Gasteiger partial charge in [0.25, 0.3) is 0 Å². The summed E-state index contributed by atoms with van der Waals surface area (Å²) in [4.78, 5) is 0. The molecule has 2 rings (SSSR count). The monoisotopic (exact) mass is 344 g/mol. The summed E-state index contributed by atoms with van der Waals surface area (Å²) in [5, 5.41) is -2.76. The molecule has 0 heterocycles. The third-order valence-corrected chi connectivity index (χ3v) is 5.56. The first-order valence-electron chi connectivity index (χ1n) is 5.24. The van der Waals surface area contributed by atoms with Gasteiger partial charge in [0.2, 0.25) is 6.49 Å². The Labute approximate surface area is 119 Å². The van der Waals surface area contributed by atoms with Gasteiger partial charge in [0.1, 0.15) is 45.5 Å². The van der Waals surface area contributed by atoms with E-state index >= 15 is 0 Å². The maximum Gasteiger partial charge on any atom is 0.237 e.